The first kappa shape index (κ1) is 22.8. The summed E-state index contributed by atoms with van der Waals surface area (Å²) >= 11 is 0. The zero-order valence-corrected chi connectivity index (χ0v) is 17.8. The number of para-hydroxylation sites is 2. The molecular weight excluding hydrogens is 449 g/mol. The average molecular weight is 468 g/mol. The van der Waals surface area contributed by atoms with Crippen molar-refractivity contribution in [2.75, 3.05) is 5.43 Å². The molecule has 4 rings (SSSR count). The van der Waals surface area contributed by atoms with Crippen molar-refractivity contribution in [2.45, 2.75) is 19.2 Å². The van der Waals surface area contributed by atoms with E-state index in [-0.39, 0.29) is 5.75 Å². The molecule has 1 heterocycles. The van der Waals surface area contributed by atoms with Crippen molar-refractivity contribution in [3.05, 3.63) is 84.6 Å². The second-order valence-corrected chi connectivity index (χ2v) is 7.21. The molecule has 0 fully saturated rings. The van der Waals surface area contributed by atoms with E-state index in [0.717, 1.165) is 17.6 Å². The smallest absolute Gasteiger partial charge is 0.416 e. The Morgan fingerprint density at radius 3 is 2.12 bits per heavy atom. The molecule has 1 amide bonds. The summed E-state index contributed by atoms with van der Waals surface area (Å²) < 4.78 is 49.1. The lowest BCUT2D eigenvalue weighted by molar-refractivity contribution is -0.137. The molecule has 1 aromatic heterocycles. The molecule has 34 heavy (non-hydrogen) atoms. The van der Waals surface area contributed by atoms with Gasteiger partial charge in [-0.3, -0.25) is 20.6 Å². The second-order valence-electron chi connectivity index (χ2n) is 7.21. The summed E-state index contributed by atoms with van der Waals surface area (Å²) in [5.41, 5.74) is 5.90. The quantitative estimate of drug-likeness (QED) is 0.356. The molecule has 0 unspecified atom stereocenters. The van der Waals surface area contributed by atoms with Gasteiger partial charge in [0.2, 0.25) is 0 Å². The van der Waals surface area contributed by atoms with Crippen LogP contribution in [0.1, 0.15) is 12.5 Å². The lowest BCUT2D eigenvalue weighted by Crippen LogP contribution is -2.39. The number of fused-ring (bicyclic) bond motifs is 1. The fraction of sp³-hybridized carbons (Fsp3) is 0.125. The van der Waals surface area contributed by atoms with Crippen LogP contribution in [0.5, 0.6) is 17.2 Å². The molecular formula is C24H19F3N4O3. The molecule has 0 spiro atoms. The molecule has 0 saturated heterocycles. The number of aromatic nitrogens is 2. The summed E-state index contributed by atoms with van der Waals surface area (Å²) in [4.78, 5) is 20.9. The van der Waals surface area contributed by atoms with Crippen LogP contribution in [0.2, 0.25) is 0 Å². The number of benzene rings is 3. The first-order chi connectivity index (χ1) is 16.3. The summed E-state index contributed by atoms with van der Waals surface area (Å²) in [5.74, 6) is 1.02. The molecule has 0 aliphatic heterocycles. The van der Waals surface area contributed by atoms with E-state index in [1.807, 2.05) is 24.3 Å². The van der Waals surface area contributed by atoms with Crippen molar-refractivity contribution < 1.29 is 27.4 Å². The first-order valence-electron chi connectivity index (χ1n) is 10.2. The Hall–Kier alpha value is -4.34. The maximum absolute atomic E-state index is 12.7. The number of halogens is 3. The minimum atomic E-state index is -4.40. The molecule has 3 aromatic carbocycles. The largest absolute Gasteiger partial charge is 0.481 e. The highest BCUT2D eigenvalue weighted by atomic mass is 19.4. The number of nitrogens with zero attached hydrogens (tertiary/aromatic N) is 2. The summed E-state index contributed by atoms with van der Waals surface area (Å²) in [6.45, 7) is 1.58. The minimum absolute atomic E-state index is 0.261. The number of hydrogen-bond acceptors (Lipinski definition) is 6. The monoisotopic (exact) mass is 468 g/mol. The third-order valence-electron chi connectivity index (χ3n) is 4.69. The van der Waals surface area contributed by atoms with Gasteiger partial charge >= 0.3 is 6.18 Å². The predicted octanol–water partition coefficient (Wildman–Crippen LogP) is 5.35. The molecule has 174 valence electrons. The van der Waals surface area contributed by atoms with E-state index in [1.54, 1.807) is 31.2 Å². The van der Waals surface area contributed by atoms with Crippen LogP contribution >= 0.6 is 0 Å². The van der Waals surface area contributed by atoms with Crippen LogP contribution in [0.4, 0.5) is 19.0 Å². The van der Waals surface area contributed by atoms with Crippen LogP contribution in [0.15, 0.2) is 79.0 Å². The van der Waals surface area contributed by atoms with Crippen molar-refractivity contribution >= 4 is 22.8 Å². The van der Waals surface area contributed by atoms with Gasteiger partial charge in [0.15, 0.2) is 11.9 Å². The maximum Gasteiger partial charge on any atom is 0.416 e. The third-order valence-corrected chi connectivity index (χ3v) is 4.69. The fourth-order valence-corrected chi connectivity index (χ4v) is 2.94. The summed E-state index contributed by atoms with van der Waals surface area (Å²) in [6.07, 6.45) is -3.73. The lowest BCUT2D eigenvalue weighted by Gasteiger charge is -2.16. The highest BCUT2D eigenvalue weighted by molar-refractivity contribution is 5.82. The van der Waals surface area contributed by atoms with Gasteiger partial charge in [-0.25, -0.2) is 4.98 Å². The molecule has 7 nitrogen and oxygen atoms in total. The fourth-order valence-electron chi connectivity index (χ4n) is 2.94. The normalized spacial score (nSPS) is 12.1. The van der Waals surface area contributed by atoms with Crippen LogP contribution in [-0.4, -0.2) is 22.0 Å². The zero-order chi connectivity index (χ0) is 24.1. The number of ether oxygens (including phenoxy) is 2. The molecule has 0 radical (unpaired) electrons. The topological polar surface area (TPSA) is 85.4 Å². The van der Waals surface area contributed by atoms with E-state index in [0.29, 0.717) is 22.8 Å². The first-order valence-corrected chi connectivity index (χ1v) is 10.2. The molecule has 10 heteroatoms. The number of nitrogens with one attached hydrogen (secondary N) is 2. The van der Waals surface area contributed by atoms with Crippen molar-refractivity contribution in [3.63, 3.8) is 0 Å². The number of carbonyl (C=O) groups is 1. The number of hydrazine groups is 1. The Morgan fingerprint density at radius 2 is 1.47 bits per heavy atom. The van der Waals surface area contributed by atoms with Gasteiger partial charge in [0.1, 0.15) is 17.2 Å². The van der Waals surface area contributed by atoms with E-state index >= 15 is 0 Å². The summed E-state index contributed by atoms with van der Waals surface area (Å²) in [5, 5.41) is 0. The summed E-state index contributed by atoms with van der Waals surface area (Å²) in [6, 6.07) is 18.1. The number of alkyl halides is 3. The van der Waals surface area contributed by atoms with Crippen molar-refractivity contribution in [1.82, 2.24) is 15.4 Å². The predicted molar refractivity (Wildman–Crippen MR) is 119 cm³/mol. The lowest BCUT2D eigenvalue weighted by atomic mass is 10.2. The SMILES string of the molecule is C[C@@H](Oc1ccc(Oc2ccc(C(F)(F)F)cc2)cc1)C(=O)NNc1cnc2ccccc2n1. The molecule has 2 N–H and O–H groups in total. The van der Waals surface area contributed by atoms with E-state index in [1.165, 1.54) is 18.3 Å². The zero-order valence-electron chi connectivity index (χ0n) is 17.8. The Kier molecular flexibility index (Phi) is 6.48. The van der Waals surface area contributed by atoms with Gasteiger partial charge in [0.25, 0.3) is 5.91 Å². The number of carbonyl (C=O) groups excluding carboxylic acids is 1. The van der Waals surface area contributed by atoms with Crippen LogP contribution in [0.25, 0.3) is 11.0 Å². The van der Waals surface area contributed by atoms with Crippen LogP contribution in [0.3, 0.4) is 0 Å². The highest BCUT2D eigenvalue weighted by Gasteiger charge is 2.30. The molecule has 0 aliphatic rings. The molecule has 0 bridgehead atoms. The van der Waals surface area contributed by atoms with E-state index in [4.69, 9.17) is 9.47 Å². The van der Waals surface area contributed by atoms with Crippen LogP contribution < -0.4 is 20.3 Å². The van der Waals surface area contributed by atoms with Crippen LogP contribution in [-0.2, 0) is 11.0 Å². The average Bonchev–Trinajstić information content (AvgIpc) is 2.83. The van der Waals surface area contributed by atoms with Crippen LogP contribution in [0, 0.1) is 0 Å². The van der Waals surface area contributed by atoms with Gasteiger partial charge in [-0.2, -0.15) is 13.2 Å². The molecule has 1 atom stereocenters. The highest BCUT2D eigenvalue weighted by Crippen LogP contribution is 2.31. The maximum atomic E-state index is 12.7. The van der Waals surface area contributed by atoms with Gasteiger partial charge in [0.05, 0.1) is 22.8 Å². The minimum Gasteiger partial charge on any atom is -0.481 e. The van der Waals surface area contributed by atoms with Crippen molar-refractivity contribution in [1.29, 1.82) is 0 Å². The van der Waals surface area contributed by atoms with E-state index < -0.39 is 23.8 Å². The number of rotatable bonds is 7. The Balaban J connectivity index is 1.29. The molecule has 4 aromatic rings. The Labute approximate surface area is 192 Å². The van der Waals surface area contributed by atoms with Gasteiger partial charge in [-0.15, -0.1) is 0 Å². The third kappa shape index (κ3) is 5.71. The molecule has 0 saturated carbocycles. The number of hydrogen-bond donors (Lipinski definition) is 2. The van der Waals surface area contributed by atoms with Crippen molar-refractivity contribution in [3.8, 4) is 17.2 Å². The van der Waals surface area contributed by atoms with Gasteiger partial charge < -0.3 is 9.47 Å². The van der Waals surface area contributed by atoms with Crippen molar-refractivity contribution in [2.24, 2.45) is 0 Å². The van der Waals surface area contributed by atoms with Gasteiger partial charge in [-0.05, 0) is 67.6 Å². The standard InChI is InChI=1S/C24H19F3N4O3/c1-15(23(32)31-30-22-14-28-20-4-2-3-5-21(20)29-22)33-17-10-12-19(13-11-17)34-18-8-6-16(7-9-18)24(25,26)27/h2-15H,1H3,(H,29,30)(H,31,32)/t15-/m1/s1. The Bertz CT molecular complexity index is 1280. The number of anilines is 1. The van der Waals surface area contributed by atoms with Gasteiger partial charge in [0, 0.05) is 0 Å². The Morgan fingerprint density at radius 1 is 0.882 bits per heavy atom. The number of amides is 1. The molecule has 0 aliphatic carbocycles. The van der Waals surface area contributed by atoms with E-state index in [2.05, 4.69) is 20.8 Å². The summed E-state index contributed by atoms with van der Waals surface area (Å²) in [7, 11) is 0. The second kappa shape index (κ2) is 9.65. The van der Waals surface area contributed by atoms with E-state index in [9.17, 15) is 18.0 Å². The van der Waals surface area contributed by atoms with Gasteiger partial charge in [-0.1, -0.05) is 12.1 Å².